The summed E-state index contributed by atoms with van der Waals surface area (Å²) in [6.07, 6.45) is 0. The number of phenols is 2. The van der Waals surface area contributed by atoms with E-state index in [1.165, 1.54) is 11.1 Å². The second-order valence-corrected chi connectivity index (χ2v) is 10.3. The summed E-state index contributed by atoms with van der Waals surface area (Å²) in [5.41, 5.74) is 7.49. The third-order valence-electron chi connectivity index (χ3n) is 7.13. The van der Waals surface area contributed by atoms with E-state index >= 15 is 0 Å². The fourth-order valence-electron chi connectivity index (χ4n) is 4.59. The molecule has 0 unspecified atom stereocenters. The Morgan fingerprint density at radius 2 is 0.912 bits per heavy atom. The van der Waals surface area contributed by atoms with Gasteiger partial charge in [-0.05, 0) is 59.4 Å². The smallest absolute Gasteiger partial charge is 0.124 e. The first-order valence-corrected chi connectivity index (χ1v) is 11.7. The normalized spacial score (nSPS) is 12.2. The largest absolute Gasteiger partial charge is 0.507 e. The lowest BCUT2D eigenvalue weighted by molar-refractivity contribution is 0.181. The standard InChI is InChI=1S/C30H38O4/c1-19-13-25(15-21(17-33-7)27(19)31)29(3,4)23-9-11-24(12-10-23)30(5,6)26-14-20(2)28(32)22(16-26)18-34-8/h9-16,31-32H,17-18H2,1-8H3. The molecule has 2 N–H and O–H groups in total. The monoisotopic (exact) mass is 462 g/mol. The number of rotatable bonds is 8. The van der Waals surface area contributed by atoms with Gasteiger partial charge in [0.2, 0.25) is 0 Å². The predicted molar refractivity (Wildman–Crippen MR) is 138 cm³/mol. The maximum absolute atomic E-state index is 10.4. The molecule has 3 aromatic carbocycles. The lowest BCUT2D eigenvalue weighted by atomic mass is 9.74. The van der Waals surface area contributed by atoms with Crippen molar-refractivity contribution in [1.29, 1.82) is 0 Å². The highest BCUT2D eigenvalue weighted by molar-refractivity contribution is 5.51. The summed E-state index contributed by atoms with van der Waals surface area (Å²) in [5, 5.41) is 20.8. The van der Waals surface area contributed by atoms with Crippen LogP contribution < -0.4 is 0 Å². The minimum absolute atomic E-state index is 0.246. The van der Waals surface area contributed by atoms with Crippen molar-refractivity contribution in [2.45, 2.75) is 65.6 Å². The molecule has 0 saturated carbocycles. The van der Waals surface area contributed by atoms with Crippen LogP contribution in [0.3, 0.4) is 0 Å². The van der Waals surface area contributed by atoms with Gasteiger partial charge >= 0.3 is 0 Å². The summed E-state index contributed by atoms with van der Waals surface area (Å²) < 4.78 is 10.6. The second-order valence-electron chi connectivity index (χ2n) is 10.3. The molecule has 0 aliphatic carbocycles. The molecule has 0 saturated heterocycles. The minimum Gasteiger partial charge on any atom is -0.507 e. The van der Waals surface area contributed by atoms with Gasteiger partial charge in [-0.2, -0.15) is 0 Å². The van der Waals surface area contributed by atoms with E-state index in [4.69, 9.17) is 9.47 Å². The fourth-order valence-corrected chi connectivity index (χ4v) is 4.59. The Kier molecular flexibility index (Phi) is 7.44. The molecule has 0 fully saturated rings. The highest BCUT2D eigenvalue weighted by Gasteiger charge is 2.28. The summed E-state index contributed by atoms with van der Waals surface area (Å²) in [5.74, 6) is 0.603. The molecule has 3 rings (SSSR count). The molecular formula is C30H38O4. The summed E-state index contributed by atoms with van der Waals surface area (Å²) in [7, 11) is 3.28. The van der Waals surface area contributed by atoms with Crippen LogP contribution in [0.5, 0.6) is 11.5 Å². The number of aryl methyl sites for hydroxylation is 2. The Labute approximate surface area is 204 Å². The number of phenolic OH excluding ortho intramolecular Hbond substituents is 2. The lowest BCUT2D eigenvalue weighted by Crippen LogP contribution is -2.22. The third-order valence-corrected chi connectivity index (χ3v) is 7.13. The minimum atomic E-state index is -0.246. The van der Waals surface area contributed by atoms with Crippen molar-refractivity contribution in [2.24, 2.45) is 0 Å². The first kappa shape index (κ1) is 25.8. The molecule has 0 radical (unpaired) electrons. The van der Waals surface area contributed by atoms with Crippen LogP contribution in [0, 0.1) is 13.8 Å². The molecule has 182 valence electrons. The molecule has 34 heavy (non-hydrogen) atoms. The average molecular weight is 463 g/mol. The summed E-state index contributed by atoms with van der Waals surface area (Å²) in [4.78, 5) is 0. The summed E-state index contributed by atoms with van der Waals surface area (Å²) >= 11 is 0. The number of benzene rings is 3. The van der Waals surface area contributed by atoms with E-state index in [0.29, 0.717) is 24.7 Å². The van der Waals surface area contributed by atoms with Gasteiger partial charge in [0, 0.05) is 36.2 Å². The highest BCUT2D eigenvalue weighted by Crippen LogP contribution is 2.39. The SMILES string of the molecule is COCc1cc(C(C)(C)c2ccc(C(C)(C)c3cc(C)c(O)c(COC)c3)cc2)cc(C)c1O. The van der Waals surface area contributed by atoms with Crippen molar-refractivity contribution in [1.82, 2.24) is 0 Å². The van der Waals surface area contributed by atoms with Crippen molar-refractivity contribution < 1.29 is 19.7 Å². The Hall–Kier alpha value is -2.82. The van der Waals surface area contributed by atoms with Crippen molar-refractivity contribution in [3.8, 4) is 11.5 Å². The van der Waals surface area contributed by atoms with Gasteiger partial charge in [0.05, 0.1) is 13.2 Å². The number of hydrogen-bond acceptors (Lipinski definition) is 4. The van der Waals surface area contributed by atoms with E-state index in [1.54, 1.807) is 14.2 Å². The quantitative estimate of drug-likeness (QED) is 0.393. The first-order chi connectivity index (χ1) is 15.9. The van der Waals surface area contributed by atoms with Crippen molar-refractivity contribution in [3.63, 3.8) is 0 Å². The molecule has 4 nitrogen and oxygen atoms in total. The second kappa shape index (κ2) is 9.81. The summed E-state index contributed by atoms with van der Waals surface area (Å²) in [6.45, 7) is 13.4. The van der Waals surface area contributed by atoms with E-state index in [2.05, 4.69) is 64.1 Å². The molecule has 0 bridgehead atoms. The van der Waals surface area contributed by atoms with Crippen LogP contribution in [-0.2, 0) is 33.5 Å². The molecule has 4 heteroatoms. The summed E-state index contributed by atoms with van der Waals surface area (Å²) in [6, 6.07) is 17.0. The van der Waals surface area contributed by atoms with Crippen LogP contribution >= 0.6 is 0 Å². The van der Waals surface area contributed by atoms with Crippen molar-refractivity contribution in [2.75, 3.05) is 14.2 Å². The first-order valence-electron chi connectivity index (χ1n) is 11.7. The van der Waals surface area contributed by atoms with Crippen molar-refractivity contribution in [3.05, 3.63) is 93.0 Å². The molecule has 3 aromatic rings. The maximum Gasteiger partial charge on any atom is 0.124 e. The van der Waals surface area contributed by atoms with E-state index < -0.39 is 0 Å². The van der Waals surface area contributed by atoms with Crippen LogP contribution in [0.25, 0.3) is 0 Å². The molecule has 0 atom stereocenters. The Bertz CT molecular complexity index is 1060. The van der Waals surface area contributed by atoms with Gasteiger partial charge in [0.25, 0.3) is 0 Å². The molecule has 0 aliphatic heterocycles. The number of ether oxygens (including phenoxy) is 2. The topological polar surface area (TPSA) is 58.9 Å². The molecule has 0 amide bonds. The van der Waals surface area contributed by atoms with Crippen LogP contribution in [0.2, 0.25) is 0 Å². The Morgan fingerprint density at radius 1 is 0.588 bits per heavy atom. The maximum atomic E-state index is 10.4. The molecule has 0 spiro atoms. The zero-order valence-corrected chi connectivity index (χ0v) is 21.7. The van der Waals surface area contributed by atoms with E-state index in [-0.39, 0.29) is 10.8 Å². The molecule has 0 aromatic heterocycles. The number of aromatic hydroxyl groups is 2. The molecular weight excluding hydrogens is 424 g/mol. The zero-order chi connectivity index (χ0) is 25.3. The number of methoxy groups -OCH3 is 2. The molecule has 0 aliphatic rings. The van der Waals surface area contributed by atoms with Gasteiger partial charge in [0.15, 0.2) is 0 Å². The average Bonchev–Trinajstić information content (AvgIpc) is 2.79. The van der Waals surface area contributed by atoms with E-state index in [9.17, 15) is 10.2 Å². The van der Waals surface area contributed by atoms with Gasteiger partial charge < -0.3 is 19.7 Å². The predicted octanol–water partition coefficient (Wildman–Crippen LogP) is 6.66. The van der Waals surface area contributed by atoms with Crippen LogP contribution in [0.1, 0.15) is 72.2 Å². The Balaban J connectivity index is 1.99. The van der Waals surface area contributed by atoms with Crippen LogP contribution in [0.4, 0.5) is 0 Å². The van der Waals surface area contributed by atoms with Crippen LogP contribution in [-0.4, -0.2) is 24.4 Å². The van der Waals surface area contributed by atoms with Crippen molar-refractivity contribution >= 4 is 0 Å². The van der Waals surface area contributed by atoms with Gasteiger partial charge in [-0.1, -0.05) is 64.1 Å². The van der Waals surface area contributed by atoms with Gasteiger partial charge in [0.1, 0.15) is 11.5 Å². The third kappa shape index (κ3) is 4.84. The van der Waals surface area contributed by atoms with Gasteiger partial charge in [-0.15, -0.1) is 0 Å². The number of hydrogen-bond donors (Lipinski definition) is 2. The Morgan fingerprint density at radius 3 is 1.21 bits per heavy atom. The van der Waals surface area contributed by atoms with Gasteiger partial charge in [-0.3, -0.25) is 0 Å². The zero-order valence-electron chi connectivity index (χ0n) is 21.7. The van der Waals surface area contributed by atoms with Crippen LogP contribution in [0.15, 0.2) is 48.5 Å². The highest BCUT2D eigenvalue weighted by atomic mass is 16.5. The lowest BCUT2D eigenvalue weighted by Gasteiger charge is -2.30. The van der Waals surface area contributed by atoms with Gasteiger partial charge in [-0.25, -0.2) is 0 Å². The van der Waals surface area contributed by atoms with E-state index in [1.807, 2.05) is 26.0 Å². The fraction of sp³-hybridized carbons (Fsp3) is 0.400. The van der Waals surface area contributed by atoms with E-state index in [0.717, 1.165) is 33.4 Å². The molecule has 0 heterocycles.